The number of hydrogen-bond donors (Lipinski definition) is 0. The fourth-order valence-corrected chi connectivity index (χ4v) is 6.54. The Morgan fingerprint density at radius 2 is 1.24 bits per heavy atom. The molecule has 0 amide bonds. The standard InChI is InChI=1S/C36H53IO8/c1-3-5-6-7-10-23-41-30-19-15-28(16-20-30)36(40)45-33-22-21-31(26-32(33)37)44-35(39)27-13-17-29(18-14-27)42-24-11-8-9-12-25-43-34(38)4-2/h4,21-22,26-30H,2-3,5-20,23-25H2,1H3. The van der Waals surface area contributed by atoms with Gasteiger partial charge in [-0.3, -0.25) is 9.59 Å². The Kier molecular flexibility index (Phi) is 18.1. The highest BCUT2D eigenvalue weighted by Crippen LogP contribution is 2.32. The normalized spacial score (nSPS) is 21.6. The van der Waals surface area contributed by atoms with Crippen molar-refractivity contribution in [3.63, 3.8) is 0 Å². The summed E-state index contributed by atoms with van der Waals surface area (Å²) in [5.41, 5.74) is 0. The number of carbonyl (C=O) groups excluding carboxylic acids is 3. The van der Waals surface area contributed by atoms with E-state index in [1.54, 1.807) is 18.2 Å². The number of rotatable bonds is 20. The van der Waals surface area contributed by atoms with Gasteiger partial charge in [0.1, 0.15) is 11.5 Å². The largest absolute Gasteiger partial charge is 0.463 e. The minimum absolute atomic E-state index is 0.109. The molecule has 252 valence electrons. The average molecular weight is 741 g/mol. The van der Waals surface area contributed by atoms with Gasteiger partial charge in [0.05, 0.1) is 34.2 Å². The third kappa shape index (κ3) is 14.5. The predicted octanol–water partition coefficient (Wildman–Crippen LogP) is 8.51. The van der Waals surface area contributed by atoms with Crippen LogP contribution in [0.1, 0.15) is 116 Å². The molecule has 0 unspecified atom stereocenters. The van der Waals surface area contributed by atoms with Crippen LogP contribution in [0.4, 0.5) is 0 Å². The Morgan fingerprint density at radius 3 is 1.76 bits per heavy atom. The fourth-order valence-electron chi connectivity index (χ4n) is 5.94. The summed E-state index contributed by atoms with van der Waals surface area (Å²) in [6.07, 6.45) is 18.2. The highest BCUT2D eigenvalue weighted by molar-refractivity contribution is 14.1. The molecule has 2 fully saturated rings. The maximum atomic E-state index is 12.9. The molecule has 2 aliphatic rings. The fraction of sp³-hybridized carbons (Fsp3) is 0.694. The summed E-state index contributed by atoms with van der Waals surface area (Å²) in [7, 11) is 0. The van der Waals surface area contributed by atoms with Crippen molar-refractivity contribution >= 4 is 40.5 Å². The van der Waals surface area contributed by atoms with Crippen molar-refractivity contribution in [2.45, 2.75) is 128 Å². The van der Waals surface area contributed by atoms with Crippen LogP contribution in [0, 0.1) is 15.4 Å². The summed E-state index contributed by atoms with van der Waals surface area (Å²) in [4.78, 5) is 36.7. The monoisotopic (exact) mass is 740 g/mol. The lowest BCUT2D eigenvalue weighted by Crippen LogP contribution is -2.29. The van der Waals surface area contributed by atoms with Gasteiger partial charge in [0.15, 0.2) is 0 Å². The van der Waals surface area contributed by atoms with Gasteiger partial charge < -0.3 is 23.7 Å². The van der Waals surface area contributed by atoms with Crippen molar-refractivity contribution in [2.24, 2.45) is 11.8 Å². The third-order valence-corrected chi connectivity index (χ3v) is 9.60. The highest BCUT2D eigenvalue weighted by Gasteiger charge is 2.30. The van der Waals surface area contributed by atoms with Crippen LogP contribution in [0.25, 0.3) is 0 Å². The van der Waals surface area contributed by atoms with E-state index in [-0.39, 0.29) is 42.0 Å². The van der Waals surface area contributed by atoms with Gasteiger partial charge in [0, 0.05) is 19.3 Å². The Balaban J connectivity index is 1.28. The second-order valence-corrected chi connectivity index (χ2v) is 13.5. The van der Waals surface area contributed by atoms with Gasteiger partial charge in [-0.15, -0.1) is 0 Å². The molecule has 1 aromatic carbocycles. The molecular weight excluding hydrogens is 687 g/mol. The molecule has 0 heterocycles. The summed E-state index contributed by atoms with van der Waals surface area (Å²) >= 11 is 2.12. The van der Waals surface area contributed by atoms with Crippen molar-refractivity contribution < 1.29 is 38.1 Å². The van der Waals surface area contributed by atoms with Crippen LogP contribution < -0.4 is 9.47 Å². The molecule has 0 aliphatic heterocycles. The number of esters is 3. The van der Waals surface area contributed by atoms with Crippen LogP contribution in [0.15, 0.2) is 30.9 Å². The number of carbonyl (C=O) groups is 3. The van der Waals surface area contributed by atoms with Crippen LogP contribution in [-0.4, -0.2) is 49.9 Å². The van der Waals surface area contributed by atoms with E-state index in [1.165, 1.54) is 31.8 Å². The van der Waals surface area contributed by atoms with Gasteiger partial charge in [0.25, 0.3) is 0 Å². The van der Waals surface area contributed by atoms with Crippen LogP contribution >= 0.6 is 22.6 Å². The van der Waals surface area contributed by atoms with E-state index in [4.69, 9.17) is 23.7 Å². The molecule has 1 aromatic rings. The predicted molar refractivity (Wildman–Crippen MR) is 182 cm³/mol. The summed E-state index contributed by atoms with van der Waals surface area (Å²) in [5.74, 6) is -0.0666. The first kappa shape index (κ1) is 37.5. The summed E-state index contributed by atoms with van der Waals surface area (Å²) in [6.45, 7) is 7.56. The third-order valence-electron chi connectivity index (χ3n) is 8.75. The zero-order chi connectivity index (χ0) is 32.3. The van der Waals surface area contributed by atoms with E-state index in [0.29, 0.717) is 24.7 Å². The van der Waals surface area contributed by atoms with Crippen molar-refractivity contribution in [1.82, 2.24) is 0 Å². The number of ether oxygens (including phenoxy) is 5. The van der Waals surface area contributed by atoms with Gasteiger partial charge in [-0.25, -0.2) is 4.79 Å². The zero-order valence-electron chi connectivity index (χ0n) is 27.1. The van der Waals surface area contributed by atoms with Crippen molar-refractivity contribution in [3.05, 3.63) is 34.4 Å². The Morgan fingerprint density at radius 1 is 0.733 bits per heavy atom. The first-order valence-corrected chi connectivity index (χ1v) is 18.2. The van der Waals surface area contributed by atoms with E-state index >= 15 is 0 Å². The molecule has 0 atom stereocenters. The average Bonchev–Trinajstić information content (AvgIpc) is 3.05. The smallest absolute Gasteiger partial charge is 0.330 e. The lowest BCUT2D eigenvalue weighted by molar-refractivity contribution is -0.142. The lowest BCUT2D eigenvalue weighted by Gasteiger charge is -2.27. The number of hydrogen-bond acceptors (Lipinski definition) is 8. The van der Waals surface area contributed by atoms with E-state index in [9.17, 15) is 14.4 Å². The van der Waals surface area contributed by atoms with Crippen molar-refractivity contribution in [2.75, 3.05) is 19.8 Å². The molecule has 45 heavy (non-hydrogen) atoms. The number of unbranched alkanes of at least 4 members (excludes halogenated alkanes) is 7. The Bertz CT molecular complexity index is 1040. The maximum absolute atomic E-state index is 12.9. The molecule has 0 aromatic heterocycles. The van der Waals surface area contributed by atoms with Crippen LogP contribution in [0.2, 0.25) is 0 Å². The zero-order valence-corrected chi connectivity index (χ0v) is 29.3. The van der Waals surface area contributed by atoms with E-state index in [1.807, 2.05) is 0 Å². The van der Waals surface area contributed by atoms with Crippen molar-refractivity contribution in [1.29, 1.82) is 0 Å². The second kappa shape index (κ2) is 21.7. The van der Waals surface area contributed by atoms with Crippen LogP contribution in [0.3, 0.4) is 0 Å². The maximum Gasteiger partial charge on any atom is 0.330 e. The molecule has 9 heteroatoms. The van der Waals surface area contributed by atoms with Gasteiger partial charge in [-0.2, -0.15) is 0 Å². The number of halogens is 1. The molecular formula is C36H53IO8. The summed E-state index contributed by atoms with van der Waals surface area (Å²) in [5, 5.41) is 0. The SMILES string of the molecule is C=CC(=O)OCCCCCCOC1CCC(C(=O)Oc2ccc(OC(=O)C3CCC(OCCCCCCC)CC3)c(I)c2)CC1. The quantitative estimate of drug-likeness (QED) is 0.0432. The van der Waals surface area contributed by atoms with Gasteiger partial charge in [-0.1, -0.05) is 45.6 Å². The van der Waals surface area contributed by atoms with Gasteiger partial charge >= 0.3 is 17.9 Å². The summed E-state index contributed by atoms with van der Waals surface area (Å²) < 4.78 is 29.3. The molecule has 0 radical (unpaired) electrons. The lowest BCUT2D eigenvalue weighted by atomic mass is 9.87. The molecule has 2 saturated carbocycles. The Hall–Kier alpha value is -1.98. The van der Waals surface area contributed by atoms with E-state index < -0.39 is 0 Å². The van der Waals surface area contributed by atoms with E-state index in [2.05, 4.69) is 36.1 Å². The molecule has 3 rings (SSSR count). The molecule has 2 aliphatic carbocycles. The minimum atomic E-state index is -0.374. The second-order valence-electron chi connectivity index (χ2n) is 12.3. The molecule has 0 saturated heterocycles. The van der Waals surface area contributed by atoms with Crippen LogP contribution in [-0.2, 0) is 28.6 Å². The Labute approximate surface area is 283 Å². The highest BCUT2D eigenvalue weighted by atomic mass is 127. The molecule has 0 bridgehead atoms. The number of benzene rings is 1. The minimum Gasteiger partial charge on any atom is -0.463 e. The summed E-state index contributed by atoms with van der Waals surface area (Å²) in [6, 6.07) is 5.17. The topological polar surface area (TPSA) is 97.4 Å². The van der Waals surface area contributed by atoms with Gasteiger partial charge in [0.2, 0.25) is 0 Å². The molecule has 0 N–H and O–H groups in total. The van der Waals surface area contributed by atoms with Crippen LogP contribution in [0.5, 0.6) is 11.5 Å². The van der Waals surface area contributed by atoms with Crippen molar-refractivity contribution in [3.8, 4) is 11.5 Å². The molecule has 0 spiro atoms. The first-order valence-electron chi connectivity index (χ1n) is 17.1. The first-order chi connectivity index (χ1) is 21.9. The van der Waals surface area contributed by atoms with Gasteiger partial charge in [-0.05, 0) is 118 Å². The van der Waals surface area contributed by atoms with E-state index in [0.717, 1.165) is 93.6 Å². The molecule has 8 nitrogen and oxygen atoms in total.